The number of hydrogen-bond donors (Lipinski definition) is 0. The second-order valence-electron chi connectivity index (χ2n) is 5.25. The van der Waals surface area contributed by atoms with E-state index in [2.05, 4.69) is 19.9 Å². The van der Waals surface area contributed by atoms with Crippen molar-refractivity contribution in [1.82, 2.24) is 29.9 Å². The van der Waals surface area contributed by atoms with Crippen LogP contribution in [0.3, 0.4) is 0 Å². The van der Waals surface area contributed by atoms with Crippen molar-refractivity contribution >= 4 is 34.6 Å². The normalized spacial score (nSPS) is 10.9. The Morgan fingerprint density at radius 2 is 1.00 bits per heavy atom. The molecule has 1 aromatic carbocycles. The number of hydrogen-bond acceptors (Lipinski definition) is 8. The Hall–Kier alpha value is -2.58. The summed E-state index contributed by atoms with van der Waals surface area (Å²) < 4.78 is 0. The number of nitrogens with zero attached hydrogens (tertiary/aromatic N) is 6. The average Bonchev–Trinajstić information content (AvgIpc) is 2.72. The van der Waals surface area contributed by atoms with Crippen LogP contribution in [0.1, 0.15) is 11.4 Å². The fourth-order valence-corrected chi connectivity index (χ4v) is 3.83. The molecule has 8 heteroatoms. The highest BCUT2D eigenvalue weighted by atomic mass is 32.2. The molecule has 0 radical (unpaired) electrons. The molecule has 6 nitrogen and oxygen atoms in total. The van der Waals surface area contributed by atoms with Crippen molar-refractivity contribution in [3.05, 3.63) is 72.6 Å². The molecule has 0 aliphatic heterocycles. The predicted octanol–water partition coefficient (Wildman–Crippen LogP) is 3.79. The van der Waals surface area contributed by atoms with E-state index >= 15 is 0 Å². The lowest BCUT2D eigenvalue weighted by Crippen LogP contribution is -2.01. The van der Waals surface area contributed by atoms with Gasteiger partial charge in [0.1, 0.15) is 0 Å². The molecular weight excluding hydrogens is 364 g/mol. The lowest BCUT2D eigenvalue weighted by Gasteiger charge is -2.09. The van der Waals surface area contributed by atoms with Crippen LogP contribution < -0.4 is 0 Å². The SMILES string of the molecule is c1cnc(SCc2nc3ccccc3nc2CSc2ncccn2)nc1. The Bertz CT molecular complexity index is 916. The first kappa shape index (κ1) is 16.9. The number of benzene rings is 1. The van der Waals surface area contributed by atoms with E-state index in [0.29, 0.717) is 11.5 Å². The second kappa shape index (κ2) is 8.20. The summed E-state index contributed by atoms with van der Waals surface area (Å²) in [6.45, 7) is 0. The van der Waals surface area contributed by atoms with Crippen LogP contribution in [0, 0.1) is 0 Å². The smallest absolute Gasteiger partial charge is 0.187 e. The summed E-state index contributed by atoms with van der Waals surface area (Å²) in [5.74, 6) is 1.32. The molecular formula is C18H14N6S2. The number of fused-ring (bicyclic) bond motifs is 1. The minimum Gasteiger partial charge on any atom is -0.248 e. The van der Waals surface area contributed by atoms with Gasteiger partial charge in [0.15, 0.2) is 10.3 Å². The van der Waals surface area contributed by atoms with E-state index in [-0.39, 0.29) is 0 Å². The van der Waals surface area contributed by atoms with Crippen LogP contribution in [0.5, 0.6) is 0 Å². The van der Waals surface area contributed by atoms with E-state index in [1.165, 1.54) is 0 Å². The number of thioether (sulfide) groups is 2. The van der Waals surface area contributed by atoms with Gasteiger partial charge in [0, 0.05) is 36.3 Å². The maximum atomic E-state index is 4.81. The van der Waals surface area contributed by atoms with Gasteiger partial charge in [-0.2, -0.15) is 0 Å². The maximum absolute atomic E-state index is 4.81. The molecule has 0 aliphatic rings. The van der Waals surface area contributed by atoms with Crippen molar-refractivity contribution in [3.8, 4) is 0 Å². The largest absolute Gasteiger partial charge is 0.248 e. The van der Waals surface area contributed by atoms with E-state index in [4.69, 9.17) is 9.97 Å². The summed E-state index contributed by atoms with van der Waals surface area (Å²) in [5.41, 5.74) is 3.65. The Balaban J connectivity index is 1.60. The zero-order valence-corrected chi connectivity index (χ0v) is 15.3. The zero-order valence-electron chi connectivity index (χ0n) is 13.7. The van der Waals surface area contributed by atoms with Crippen molar-refractivity contribution in [1.29, 1.82) is 0 Å². The van der Waals surface area contributed by atoms with Crippen molar-refractivity contribution in [2.75, 3.05) is 0 Å². The molecule has 3 aromatic heterocycles. The summed E-state index contributed by atoms with van der Waals surface area (Å²) in [6, 6.07) is 11.5. The van der Waals surface area contributed by atoms with E-state index in [1.807, 2.05) is 36.4 Å². The van der Waals surface area contributed by atoms with Crippen LogP contribution in [0.2, 0.25) is 0 Å². The Morgan fingerprint density at radius 1 is 0.577 bits per heavy atom. The summed E-state index contributed by atoms with van der Waals surface area (Å²) in [7, 11) is 0. The summed E-state index contributed by atoms with van der Waals surface area (Å²) >= 11 is 3.11. The third-order valence-electron chi connectivity index (χ3n) is 3.49. The van der Waals surface area contributed by atoms with Crippen LogP contribution in [0.4, 0.5) is 0 Å². The molecule has 0 amide bonds. The maximum Gasteiger partial charge on any atom is 0.187 e. The van der Waals surface area contributed by atoms with Gasteiger partial charge in [-0.25, -0.2) is 29.9 Å². The molecule has 26 heavy (non-hydrogen) atoms. The first-order valence-electron chi connectivity index (χ1n) is 7.93. The fraction of sp³-hybridized carbons (Fsp3) is 0.111. The molecule has 0 spiro atoms. The van der Waals surface area contributed by atoms with Crippen molar-refractivity contribution in [3.63, 3.8) is 0 Å². The number of rotatable bonds is 6. The van der Waals surface area contributed by atoms with Crippen LogP contribution in [0.25, 0.3) is 11.0 Å². The number of para-hydroxylation sites is 2. The third kappa shape index (κ3) is 4.14. The molecule has 4 rings (SSSR count). The lowest BCUT2D eigenvalue weighted by molar-refractivity contribution is 0.957. The molecule has 0 aliphatic carbocycles. The topological polar surface area (TPSA) is 77.3 Å². The molecule has 128 valence electrons. The molecule has 0 saturated carbocycles. The molecule has 0 N–H and O–H groups in total. The molecule has 0 saturated heterocycles. The molecule has 4 aromatic rings. The van der Waals surface area contributed by atoms with E-state index < -0.39 is 0 Å². The Kier molecular flexibility index (Phi) is 5.32. The van der Waals surface area contributed by atoms with Crippen LogP contribution in [-0.4, -0.2) is 29.9 Å². The zero-order chi connectivity index (χ0) is 17.6. The number of aromatic nitrogens is 6. The van der Waals surface area contributed by atoms with Gasteiger partial charge in [-0.3, -0.25) is 0 Å². The molecule has 3 heterocycles. The Morgan fingerprint density at radius 3 is 1.42 bits per heavy atom. The average molecular weight is 378 g/mol. The van der Waals surface area contributed by atoms with E-state index in [9.17, 15) is 0 Å². The molecule has 0 atom stereocenters. The van der Waals surface area contributed by atoms with Gasteiger partial charge in [-0.15, -0.1) is 0 Å². The standard InChI is InChI=1S/C18H14N6S2/c1-2-6-14-13(5-1)23-15(11-25-17-19-7-3-8-20-17)16(24-14)12-26-18-21-9-4-10-22-18/h1-10H,11-12H2. The van der Waals surface area contributed by atoms with Crippen molar-refractivity contribution in [2.24, 2.45) is 0 Å². The highest BCUT2D eigenvalue weighted by Gasteiger charge is 2.11. The summed E-state index contributed by atoms with van der Waals surface area (Å²) in [5, 5.41) is 1.46. The minimum atomic E-state index is 0.660. The third-order valence-corrected chi connectivity index (χ3v) is 5.26. The first-order chi connectivity index (χ1) is 12.9. The second-order valence-corrected chi connectivity index (χ2v) is 7.13. The van der Waals surface area contributed by atoms with Crippen LogP contribution in [0.15, 0.2) is 71.5 Å². The van der Waals surface area contributed by atoms with Crippen LogP contribution in [-0.2, 0) is 11.5 Å². The van der Waals surface area contributed by atoms with Gasteiger partial charge in [-0.05, 0) is 24.3 Å². The molecule has 0 fully saturated rings. The first-order valence-corrected chi connectivity index (χ1v) is 9.90. The van der Waals surface area contributed by atoms with Gasteiger partial charge in [0.25, 0.3) is 0 Å². The quantitative estimate of drug-likeness (QED) is 0.370. The van der Waals surface area contributed by atoms with Gasteiger partial charge < -0.3 is 0 Å². The molecule has 0 unspecified atom stereocenters. The van der Waals surface area contributed by atoms with Gasteiger partial charge in [0.05, 0.1) is 22.4 Å². The summed E-state index contributed by atoms with van der Waals surface area (Å²) in [6.07, 6.45) is 6.96. The summed E-state index contributed by atoms with van der Waals surface area (Å²) in [4.78, 5) is 26.7. The van der Waals surface area contributed by atoms with Gasteiger partial charge >= 0.3 is 0 Å². The monoisotopic (exact) mass is 378 g/mol. The van der Waals surface area contributed by atoms with Crippen molar-refractivity contribution in [2.45, 2.75) is 21.8 Å². The predicted molar refractivity (Wildman–Crippen MR) is 103 cm³/mol. The lowest BCUT2D eigenvalue weighted by atomic mass is 10.2. The fourth-order valence-electron chi connectivity index (χ4n) is 2.29. The molecule has 0 bridgehead atoms. The van der Waals surface area contributed by atoms with E-state index in [1.54, 1.807) is 48.3 Å². The van der Waals surface area contributed by atoms with Crippen LogP contribution >= 0.6 is 23.5 Å². The minimum absolute atomic E-state index is 0.660. The van der Waals surface area contributed by atoms with Gasteiger partial charge in [-0.1, -0.05) is 35.7 Å². The highest BCUT2D eigenvalue weighted by molar-refractivity contribution is 7.98. The Labute approximate surface area is 159 Å². The van der Waals surface area contributed by atoms with Crippen molar-refractivity contribution < 1.29 is 0 Å². The highest BCUT2D eigenvalue weighted by Crippen LogP contribution is 2.25. The van der Waals surface area contributed by atoms with Gasteiger partial charge in [0.2, 0.25) is 0 Å². The van der Waals surface area contributed by atoms with E-state index in [0.717, 1.165) is 32.7 Å².